The summed E-state index contributed by atoms with van der Waals surface area (Å²) in [7, 11) is 0. The number of carbonyl (C=O) groups is 1. The van der Waals surface area contributed by atoms with Crippen LogP contribution in [0.3, 0.4) is 0 Å². The molecule has 0 radical (unpaired) electrons. The van der Waals surface area contributed by atoms with E-state index in [9.17, 15) is 4.79 Å². The van der Waals surface area contributed by atoms with Crippen molar-refractivity contribution in [1.82, 2.24) is 0 Å². The smallest absolute Gasteiger partial charge is 0.306 e. The Morgan fingerprint density at radius 3 is 3.07 bits per heavy atom. The van der Waals surface area contributed by atoms with Crippen LogP contribution in [0.25, 0.3) is 0 Å². The van der Waals surface area contributed by atoms with E-state index < -0.39 is 0 Å². The first-order valence-corrected chi connectivity index (χ1v) is 6.21. The number of allylic oxidation sites excluding steroid dienone is 1. The van der Waals surface area contributed by atoms with Crippen LogP contribution in [0.15, 0.2) is 11.1 Å². The summed E-state index contributed by atoms with van der Waals surface area (Å²) in [6.07, 6.45) is 6.96. The molecule has 0 aliphatic heterocycles. The van der Waals surface area contributed by atoms with Gasteiger partial charge >= 0.3 is 5.97 Å². The summed E-state index contributed by atoms with van der Waals surface area (Å²) in [6, 6.07) is 0. The topological polar surface area (TPSA) is 26.3 Å². The minimum atomic E-state index is -0.0310. The maximum atomic E-state index is 11.3. The van der Waals surface area contributed by atoms with E-state index in [1.807, 2.05) is 6.92 Å². The Balaban J connectivity index is 1.79. The number of ether oxygens (including phenoxy) is 1. The Kier molecular flexibility index (Phi) is 2.11. The van der Waals surface area contributed by atoms with Gasteiger partial charge in [-0.05, 0) is 49.5 Å². The summed E-state index contributed by atoms with van der Waals surface area (Å²) >= 11 is 0. The highest BCUT2D eigenvalue weighted by atomic mass is 16.5. The predicted octanol–water partition coefficient (Wildman–Crippen LogP) is 2.83. The zero-order valence-electron chi connectivity index (χ0n) is 9.29. The molecule has 15 heavy (non-hydrogen) atoms. The first-order chi connectivity index (χ1) is 7.29. The highest BCUT2D eigenvalue weighted by Crippen LogP contribution is 2.55. The predicted molar refractivity (Wildman–Crippen MR) is 57.3 cm³/mol. The summed E-state index contributed by atoms with van der Waals surface area (Å²) in [4.78, 5) is 11.3. The lowest BCUT2D eigenvalue weighted by atomic mass is 9.88. The second-order valence-corrected chi connectivity index (χ2v) is 5.08. The van der Waals surface area contributed by atoms with E-state index in [0.717, 1.165) is 18.3 Å². The van der Waals surface area contributed by atoms with Crippen molar-refractivity contribution in [2.24, 2.45) is 11.8 Å². The van der Waals surface area contributed by atoms with Crippen molar-refractivity contribution in [3.05, 3.63) is 11.1 Å². The van der Waals surface area contributed by atoms with E-state index in [1.54, 1.807) is 5.57 Å². The molecule has 3 unspecified atom stereocenters. The van der Waals surface area contributed by atoms with Crippen LogP contribution in [-0.4, -0.2) is 12.1 Å². The van der Waals surface area contributed by atoms with E-state index in [1.165, 1.54) is 31.3 Å². The zero-order valence-corrected chi connectivity index (χ0v) is 9.29. The molecule has 2 nitrogen and oxygen atoms in total. The molecule has 82 valence electrons. The van der Waals surface area contributed by atoms with Gasteiger partial charge in [-0.3, -0.25) is 4.79 Å². The molecule has 0 aromatic rings. The fourth-order valence-electron chi connectivity index (χ4n) is 3.71. The maximum Gasteiger partial charge on any atom is 0.306 e. The van der Waals surface area contributed by atoms with Crippen molar-refractivity contribution in [3.8, 4) is 0 Å². The third-order valence-electron chi connectivity index (χ3n) is 4.35. The summed E-state index contributed by atoms with van der Waals surface area (Å²) < 4.78 is 5.53. The quantitative estimate of drug-likeness (QED) is 0.513. The molecule has 0 aromatic carbocycles. The third kappa shape index (κ3) is 1.34. The van der Waals surface area contributed by atoms with Gasteiger partial charge in [0.05, 0.1) is 0 Å². The molecule has 0 aromatic heterocycles. The number of hydrogen-bond donors (Lipinski definition) is 0. The molecule has 0 amide bonds. The molecule has 3 atom stereocenters. The third-order valence-corrected chi connectivity index (χ3v) is 4.35. The van der Waals surface area contributed by atoms with Gasteiger partial charge in [-0.2, -0.15) is 0 Å². The summed E-state index contributed by atoms with van der Waals surface area (Å²) in [6.45, 7) is 1.87. The molecule has 2 saturated carbocycles. The zero-order chi connectivity index (χ0) is 10.4. The normalized spacial score (nSPS) is 37.3. The molecule has 3 aliphatic carbocycles. The molecular weight excluding hydrogens is 188 g/mol. The van der Waals surface area contributed by atoms with Gasteiger partial charge in [0.25, 0.3) is 0 Å². The molecule has 2 heteroatoms. The second kappa shape index (κ2) is 3.36. The van der Waals surface area contributed by atoms with Crippen LogP contribution in [0.1, 0.15) is 45.4 Å². The van der Waals surface area contributed by atoms with E-state index in [2.05, 4.69) is 0 Å². The highest BCUT2D eigenvalue weighted by Gasteiger charge is 2.46. The van der Waals surface area contributed by atoms with Gasteiger partial charge in [0.15, 0.2) is 0 Å². The van der Waals surface area contributed by atoms with E-state index in [4.69, 9.17) is 4.74 Å². The van der Waals surface area contributed by atoms with Crippen molar-refractivity contribution < 1.29 is 9.53 Å². The molecule has 0 heterocycles. The first kappa shape index (κ1) is 9.44. The van der Waals surface area contributed by atoms with Gasteiger partial charge in [-0.1, -0.05) is 12.5 Å². The van der Waals surface area contributed by atoms with Gasteiger partial charge in [0.2, 0.25) is 0 Å². The lowest BCUT2D eigenvalue weighted by Crippen LogP contribution is -2.18. The number of carbonyl (C=O) groups excluding carboxylic acids is 1. The fourth-order valence-corrected chi connectivity index (χ4v) is 3.71. The molecule has 0 N–H and O–H groups in total. The van der Waals surface area contributed by atoms with Crippen LogP contribution in [0.2, 0.25) is 0 Å². The first-order valence-electron chi connectivity index (χ1n) is 6.21. The van der Waals surface area contributed by atoms with Crippen molar-refractivity contribution >= 4 is 5.97 Å². The lowest BCUT2D eigenvalue weighted by molar-refractivity contribution is -0.146. The fraction of sp³-hybridized carbons (Fsp3) is 0.769. The molecule has 2 bridgehead atoms. The Morgan fingerprint density at radius 2 is 2.27 bits per heavy atom. The monoisotopic (exact) mass is 206 g/mol. The van der Waals surface area contributed by atoms with E-state index >= 15 is 0 Å². The van der Waals surface area contributed by atoms with E-state index in [0.29, 0.717) is 6.42 Å². The summed E-state index contributed by atoms with van der Waals surface area (Å²) in [5.74, 6) is 1.65. The number of esters is 1. The van der Waals surface area contributed by atoms with Crippen LogP contribution in [0, 0.1) is 11.8 Å². The Bertz CT molecular complexity index is 329. The number of rotatable bonds is 2. The van der Waals surface area contributed by atoms with Crippen LogP contribution in [-0.2, 0) is 9.53 Å². The molecule has 0 saturated heterocycles. The Hall–Kier alpha value is -0.790. The van der Waals surface area contributed by atoms with Crippen molar-refractivity contribution in [2.45, 2.75) is 51.6 Å². The van der Waals surface area contributed by atoms with Crippen molar-refractivity contribution in [1.29, 1.82) is 0 Å². The minimum Gasteiger partial charge on any atom is -0.458 e. The SMILES string of the molecule is CCC(=O)OC1CCC2C1=C1CCC2C1. The van der Waals surface area contributed by atoms with Crippen LogP contribution >= 0.6 is 0 Å². The Morgan fingerprint density at radius 1 is 1.40 bits per heavy atom. The molecule has 3 aliphatic rings. The van der Waals surface area contributed by atoms with Crippen LogP contribution in [0.4, 0.5) is 0 Å². The lowest BCUT2D eigenvalue weighted by Gasteiger charge is -2.20. The molecule has 3 rings (SSSR count). The minimum absolute atomic E-state index is 0.0310. The maximum absolute atomic E-state index is 11.3. The molecule has 2 fully saturated rings. The van der Waals surface area contributed by atoms with Gasteiger partial charge in [-0.25, -0.2) is 0 Å². The number of hydrogen-bond acceptors (Lipinski definition) is 2. The number of fused-ring (bicyclic) bond motifs is 4. The largest absolute Gasteiger partial charge is 0.458 e. The van der Waals surface area contributed by atoms with E-state index in [-0.39, 0.29) is 12.1 Å². The van der Waals surface area contributed by atoms with Crippen LogP contribution < -0.4 is 0 Å². The van der Waals surface area contributed by atoms with Gasteiger partial charge in [0, 0.05) is 6.42 Å². The van der Waals surface area contributed by atoms with Gasteiger partial charge in [0.1, 0.15) is 6.10 Å². The Labute approximate surface area is 90.7 Å². The highest BCUT2D eigenvalue weighted by molar-refractivity contribution is 5.69. The standard InChI is InChI=1S/C13H18O2/c1-2-12(14)15-11-6-5-10-8-3-4-9(7-8)13(10)11/h8,10-11H,2-7H2,1H3. The second-order valence-electron chi connectivity index (χ2n) is 5.08. The van der Waals surface area contributed by atoms with Crippen molar-refractivity contribution in [3.63, 3.8) is 0 Å². The average Bonchev–Trinajstić information content (AvgIpc) is 2.89. The molecular formula is C13H18O2. The molecule has 0 spiro atoms. The average molecular weight is 206 g/mol. The van der Waals surface area contributed by atoms with Crippen LogP contribution in [0.5, 0.6) is 0 Å². The summed E-state index contributed by atoms with van der Waals surface area (Å²) in [5, 5.41) is 0. The van der Waals surface area contributed by atoms with Crippen molar-refractivity contribution in [2.75, 3.05) is 0 Å². The van der Waals surface area contributed by atoms with Gasteiger partial charge in [-0.15, -0.1) is 0 Å². The summed E-state index contributed by atoms with van der Waals surface area (Å²) in [5.41, 5.74) is 3.17. The van der Waals surface area contributed by atoms with Gasteiger partial charge < -0.3 is 4.74 Å².